The van der Waals surface area contributed by atoms with Gasteiger partial charge >= 0.3 is 0 Å². The van der Waals surface area contributed by atoms with Gasteiger partial charge in [-0.25, -0.2) is 9.97 Å². The van der Waals surface area contributed by atoms with Gasteiger partial charge in [-0.1, -0.05) is 11.8 Å². The normalized spacial score (nSPS) is 8.17. The van der Waals surface area contributed by atoms with Crippen molar-refractivity contribution in [3.63, 3.8) is 0 Å². The Morgan fingerprint density at radius 3 is 2.92 bits per heavy atom. The first-order valence-corrected chi connectivity index (χ1v) is 3.33. The van der Waals surface area contributed by atoms with Crippen LogP contribution in [0.3, 0.4) is 0 Å². The number of hydrogen-bond donors (Lipinski definition) is 1. The van der Waals surface area contributed by atoms with E-state index >= 15 is 0 Å². The molecule has 1 N–H and O–H groups in total. The van der Waals surface area contributed by atoms with E-state index in [-0.39, 0.29) is 0 Å². The quantitative estimate of drug-likeness (QED) is 0.635. The molecule has 0 saturated carbocycles. The summed E-state index contributed by atoms with van der Waals surface area (Å²) in [6.07, 6.45) is 11.6. The molecule has 0 saturated heterocycles. The van der Waals surface area contributed by atoms with Crippen molar-refractivity contribution >= 4 is 5.82 Å². The Bertz CT molecular complexity index is 344. The molecule has 0 aliphatic carbocycles. The smallest absolute Gasteiger partial charge is 0.131 e. The summed E-state index contributed by atoms with van der Waals surface area (Å²) in [5.41, 5.74) is 0.546. The SMILES string of the molecule is C#CCNc1cc(C#C)ncn1. The predicted octanol–water partition coefficient (Wildman–Crippen LogP) is 0.503. The highest BCUT2D eigenvalue weighted by molar-refractivity contribution is 5.40. The molecule has 0 aromatic carbocycles. The maximum atomic E-state index is 5.14. The first kappa shape index (κ1) is 8.10. The Hall–Kier alpha value is -2.00. The van der Waals surface area contributed by atoms with Gasteiger partial charge in [-0.3, -0.25) is 0 Å². The fourth-order valence-corrected chi connectivity index (χ4v) is 0.675. The molecule has 12 heavy (non-hydrogen) atoms. The molecule has 58 valence electrons. The Morgan fingerprint density at radius 2 is 2.25 bits per heavy atom. The summed E-state index contributed by atoms with van der Waals surface area (Å²) in [7, 11) is 0. The van der Waals surface area contributed by atoms with Crippen LogP contribution in [0, 0.1) is 24.7 Å². The fraction of sp³-hybridized carbons (Fsp3) is 0.111. The van der Waals surface area contributed by atoms with E-state index in [2.05, 4.69) is 27.1 Å². The van der Waals surface area contributed by atoms with Crippen molar-refractivity contribution in [2.45, 2.75) is 0 Å². The molecule has 3 nitrogen and oxygen atoms in total. The van der Waals surface area contributed by atoms with Crippen LogP contribution < -0.4 is 5.32 Å². The molecular formula is C9H7N3. The Labute approximate surface area is 71.2 Å². The summed E-state index contributed by atoms with van der Waals surface area (Å²) < 4.78 is 0. The van der Waals surface area contributed by atoms with Gasteiger partial charge < -0.3 is 5.32 Å². The van der Waals surface area contributed by atoms with E-state index in [1.54, 1.807) is 6.07 Å². The maximum absolute atomic E-state index is 5.14. The molecule has 0 aliphatic rings. The van der Waals surface area contributed by atoms with E-state index in [0.717, 1.165) is 0 Å². The first-order valence-electron chi connectivity index (χ1n) is 3.33. The monoisotopic (exact) mass is 157 g/mol. The van der Waals surface area contributed by atoms with Gasteiger partial charge in [0.1, 0.15) is 17.8 Å². The van der Waals surface area contributed by atoms with E-state index in [1.165, 1.54) is 6.33 Å². The van der Waals surface area contributed by atoms with Gasteiger partial charge in [-0.05, 0) is 0 Å². The van der Waals surface area contributed by atoms with Crippen LogP contribution in [0.5, 0.6) is 0 Å². The third kappa shape index (κ3) is 2.00. The van der Waals surface area contributed by atoms with E-state index < -0.39 is 0 Å². The van der Waals surface area contributed by atoms with Crippen LogP contribution in [0.25, 0.3) is 0 Å². The number of nitrogens with one attached hydrogen (secondary N) is 1. The van der Waals surface area contributed by atoms with E-state index in [9.17, 15) is 0 Å². The number of rotatable bonds is 2. The zero-order valence-corrected chi connectivity index (χ0v) is 6.41. The lowest BCUT2D eigenvalue weighted by atomic mass is 10.4. The molecule has 3 heteroatoms. The lowest BCUT2D eigenvalue weighted by molar-refractivity contribution is 1.13. The average Bonchev–Trinajstić information content (AvgIpc) is 2.15. The van der Waals surface area contributed by atoms with Crippen molar-refractivity contribution in [3.05, 3.63) is 18.1 Å². The highest BCUT2D eigenvalue weighted by atomic mass is 15.0. The molecule has 1 rings (SSSR count). The molecule has 0 spiro atoms. The van der Waals surface area contributed by atoms with Gasteiger partial charge in [-0.15, -0.1) is 12.8 Å². The average molecular weight is 157 g/mol. The largest absolute Gasteiger partial charge is 0.359 e. The standard InChI is InChI=1S/C9H7N3/c1-3-5-10-9-6-8(4-2)11-7-12-9/h1-2,6-7H,5H2,(H,10,11,12). The second kappa shape index (κ2) is 4.00. The summed E-state index contributed by atoms with van der Waals surface area (Å²) in [6, 6.07) is 1.66. The molecule has 0 bridgehead atoms. The molecular weight excluding hydrogens is 150 g/mol. The number of terminal acetylenes is 2. The Balaban J connectivity index is 2.76. The van der Waals surface area contributed by atoms with Crippen molar-refractivity contribution < 1.29 is 0 Å². The minimum absolute atomic E-state index is 0.432. The molecule has 1 aromatic heterocycles. The third-order valence-corrected chi connectivity index (χ3v) is 1.19. The van der Waals surface area contributed by atoms with Crippen molar-refractivity contribution in [1.29, 1.82) is 0 Å². The molecule has 0 aliphatic heterocycles. The predicted molar refractivity (Wildman–Crippen MR) is 47.3 cm³/mol. The summed E-state index contributed by atoms with van der Waals surface area (Å²) in [5.74, 6) is 5.48. The van der Waals surface area contributed by atoms with Crippen LogP contribution >= 0.6 is 0 Å². The molecule has 0 fully saturated rings. The van der Waals surface area contributed by atoms with E-state index in [4.69, 9.17) is 12.8 Å². The number of nitrogens with zero attached hydrogens (tertiary/aromatic N) is 2. The molecule has 1 heterocycles. The lowest BCUT2D eigenvalue weighted by Crippen LogP contribution is -2.01. The minimum atomic E-state index is 0.432. The van der Waals surface area contributed by atoms with Crippen LogP contribution in [0.2, 0.25) is 0 Å². The topological polar surface area (TPSA) is 37.8 Å². The zero-order valence-electron chi connectivity index (χ0n) is 6.41. The van der Waals surface area contributed by atoms with Crippen LogP contribution in [0.15, 0.2) is 12.4 Å². The lowest BCUT2D eigenvalue weighted by Gasteiger charge is -1.99. The molecule has 1 aromatic rings. The molecule has 0 unspecified atom stereocenters. The van der Waals surface area contributed by atoms with Crippen LogP contribution in [0.1, 0.15) is 5.69 Å². The van der Waals surface area contributed by atoms with Gasteiger partial charge in [0, 0.05) is 6.07 Å². The summed E-state index contributed by atoms with van der Waals surface area (Å²) in [6.45, 7) is 0.432. The highest BCUT2D eigenvalue weighted by Crippen LogP contribution is 2.01. The van der Waals surface area contributed by atoms with Gasteiger partial charge in [0.05, 0.1) is 6.54 Å². The van der Waals surface area contributed by atoms with Crippen LogP contribution in [-0.4, -0.2) is 16.5 Å². The van der Waals surface area contributed by atoms with E-state index in [0.29, 0.717) is 18.1 Å². The maximum Gasteiger partial charge on any atom is 0.131 e. The van der Waals surface area contributed by atoms with Gasteiger partial charge in [0.25, 0.3) is 0 Å². The van der Waals surface area contributed by atoms with Crippen molar-refractivity contribution in [1.82, 2.24) is 9.97 Å². The molecule has 0 radical (unpaired) electrons. The van der Waals surface area contributed by atoms with Crippen LogP contribution in [0.4, 0.5) is 5.82 Å². The fourth-order valence-electron chi connectivity index (χ4n) is 0.675. The summed E-state index contributed by atoms with van der Waals surface area (Å²) in [5, 5.41) is 2.89. The summed E-state index contributed by atoms with van der Waals surface area (Å²) in [4.78, 5) is 7.74. The van der Waals surface area contributed by atoms with Gasteiger partial charge in [-0.2, -0.15) is 0 Å². The first-order chi connectivity index (χ1) is 5.86. The minimum Gasteiger partial charge on any atom is -0.359 e. The summed E-state index contributed by atoms with van der Waals surface area (Å²) >= 11 is 0. The molecule has 0 atom stereocenters. The third-order valence-electron chi connectivity index (χ3n) is 1.19. The Kier molecular flexibility index (Phi) is 2.70. The number of hydrogen-bond acceptors (Lipinski definition) is 3. The number of aromatic nitrogens is 2. The highest BCUT2D eigenvalue weighted by Gasteiger charge is 1.92. The van der Waals surface area contributed by atoms with Gasteiger partial charge in [0.15, 0.2) is 0 Å². The van der Waals surface area contributed by atoms with E-state index in [1.807, 2.05) is 0 Å². The Morgan fingerprint density at radius 1 is 1.42 bits per heavy atom. The second-order valence-electron chi connectivity index (χ2n) is 1.99. The number of anilines is 1. The van der Waals surface area contributed by atoms with Gasteiger partial charge in [0.2, 0.25) is 0 Å². The molecule has 0 amide bonds. The van der Waals surface area contributed by atoms with Crippen LogP contribution in [-0.2, 0) is 0 Å². The van der Waals surface area contributed by atoms with Crippen molar-refractivity contribution in [2.24, 2.45) is 0 Å². The zero-order chi connectivity index (χ0) is 8.81. The van der Waals surface area contributed by atoms with Crippen molar-refractivity contribution in [2.75, 3.05) is 11.9 Å². The second-order valence-corrected chi connectivity index (χ2v) is 1.99. The van der Waals surface area contributed by atoms with Crippen molar-refractivity contribution in [3.8, 4) is 24.7 Å².